The van der Waals surface area contributed by atoms with E-state index in [1.165, 1.54) is 12.3 Å². The monoisotopic (exact) mass is 253 g/mol. The second-order valence-corrected chi connectivity index (χ2v) is 4.30. The van der Waals surface area contributed by atoms with E-state index in [2.05, 4.69) is 9.97 Å². The zero-order valence-electron chi connectivity index (χ0n) is 10.1. The number of hydrogen-bond acceptors (Lipinski definition) is 3. The summed E-state index contributed by atoms with van der Waals surface area (Å²) >= 11 is 0. The topological polar surface area (TPSA) is 51.8 Å². The number of hydrogen-bond donors (Lipinski definition) is 1. The second kappa shape index (κ2) is 4.74. The van der Waals surface area contributed by atoms with E-state index in [0.29, 0.717) is 0 Å². The molecular weight excluding hydrogens is 241 g/mol. The fraction of sp³-hybridized carbons (Fsp3) is 0.0667. The van der Waals surface area contributed by atoms with Gasteiger partial charge in [-0.1, -0.05) is 24.3 Å². The maximum Gasteiger partial charge on any atom is 0.146 e. The third-order valence-electron chi connectivity index (χ3n) is 3.12. The van der Waals surface area contributed by atoms with Crippen LogP contribution in [0.25, 0.3) is 10.8 Å². The SMILES string of the molecule is NC(c1ncccc1F)c1cncc2ccccc12. The van der Waals surface area contributed by atoms with Gasteiger partial charge in [-0.2, -0.15) is 0 Å². The van der Waals surface area contributed by atoms with Crippen LogP contribution in [0.5, 0.6) is 0 Å². The summed E-state index contributed by atoms with van der Waals surface area (Å²) in [6, 6.07) is 10.0. The fourth-order valence-corrected chi connectivity index (χ4v) is 2.16. The van der Waals surface area contributed by atoms with Gasteiger partial charge in [-0.25, -0.2) is 4.39 Å². The minimum absolute atomic E-state index is 0.237. The van der Waals surface area contributed by atoms with Crippen molar-refractivity contribution in [3.8, 4) is 0 Å². The van der Waals surface area contributed by atoms with Crippen molar-refractivity contribution in [2.24, 2.45) is 5.73 Å². The molecule has 3 aromatic rings. The number of halogens is 1. The predicted molar refractivity (Wildman–Crippen MR) is 72.0 cm³/mol. The van der Waals surface area contributed by atoms with Gasteiger partial charge in [0, 0.05) is 29.5 Å². The van der Waals surface area contributed by atoms with Gasteiger partial charge < -0.3 is 5.73 Å². The molecule has 1 unspecified atom stereocenters. The van der Waals surface area contributed by atoms with Crippen molar-refractivity contribution in [2.45, 2.75) is 6.04 Å². The highest BCUT2D eigenvalue weighted by atomic mass is 19.1. The molecule has 0 aliphatic heterocycles. The number of nitrogens with two attached hydrogens (primary N) is 1. The fourth-order valence-electron chi connectivity index (χ4n) is 2.16. The number of aromatic nitrogens is 2. The predicted octanol–water partition coefficient (Wildman–Crippen LogP) is 2.82. The molecule has 0 aliphatic rings. The van der Waals surface area contributed by atoms with Crippen LogP contribution in [-0.4, -0.2) is 9.97 Å². The van der Waals surface area contributed by atoms with E-state index >= 15 is 0 Å². The Hall–Kier alpha value is -2.33. The molecule has 0 spiro atoms. The number of benzene rings is 1. The minimum Gasteiger partial charge on any atom is -0.319 e. The van der Waals surface area contributed by atoms with E-state index in [1.54, 1.807) is 18.5 Å². The summed E-state index contributed by atoms with van der Waals surface area (Å²) in [5.74, 6) is -0.400. The van der Waals surface area contributed by atoms with Gasteiger partial charge in [0.2, 0.25) is 0 Å². The summed E-state index contributed by atoms with van der Waals surface area (Å²) in [5, 5.41) is 1.95. The normalized spacial score (nSPS) is 12.5. The molecule has 0 amide bonds. The Balaban J connectivity index is 2.17. The Morgan fingerprint density at radius 2 is 1.89 bits per heavy atom. The second-order valence-electron chi connectivity index (χ2n) is 4.30. The largest absolute Gasteiger partial charge is 0.319 e. The molecule has 0 saturated heterocycles. The molecule has 0 radical (unpaired) electrons. The van der Waals surface area contributed by atoms with Crippen molar-refractivity contribution in [1.82, 2.24) is 9.97 Å². The highest BCUT2D eigenvalue weighted by Crippen LogP contribution is 2.26. The molecule has 19 heavy (non-hydrogen) atoms. The van der Waals surface area contributed by atoms with E-state index in [4.69, 9.17) is 5.73 Å². The van der Waals surface area contributed by atoms with Crippen molar-refractivity contribution in [1.29, 1.82) is 0 Å². The Kier molecular flexibility index (Phi) is 2.93. The van der Waals surface area contributed by atoms with Crippen molar-refractivity contribution in [3.05, 3.63) is 72.1 Å². The average Bonchev–Trinajstić information content (AvgIpc) is 2.46. The van der Waals surface area contributed by atoms with Crippen LogP contribution in [-0.2, 0) is 0 Å². The van der Waals surface area contributed by atoms with Crippen LogP contribution in [0.15, 0.2) is 55.0 Å². The highest BCUT2D eigenvalue weighted by Gasteiger charge is 2.17. The van der Waals surface area contributed by atoms with Crippen LogP contribution in [0.2, 0.25) is 0 Å². The van der Waals surface area contributed by atoms with Crippen LogP contribution in [0, 0.1) is 5.82 Å². The van der Waals surface area contributed by atoms with Crippen LogP contribution in [0.1, 0.15) is 17.3 Å². The van der Waals surface area contributed by atoms with E-state index in [-0.39, 0.29) is 5.69 Å². The smallest absolute Gasteiger partial charge is 0.146 e. The Labute approximate surface area is 109 Å². The Morgan fingerprint density at radius 1 is 1.05 bits per heavy atom. The molecule has 3 nitrogen and oxygen atoms in total. The van der Waals surface area contributed by atoms with Gasteiger partial charge >= 0.3 is 0 Å². The average molecular weight is 253 g/mol. The van der Waals surface area contributed by atoms with Gasteiger partial charge in [0.15, 0.2) is 0 Å². The summed E-state index contributed by atoms with van der Waals surface area (Å²) in [6.45, 7) is 0. The van der Waals surface area contributed by atoms with Crippen LogP contribution >= 0.6 is 0 Å². The van der Waals surface area contributed by atoms with E-state index < -0.39 is 11.9 Å². The summed E-state index contributed by atoms with van der Waals surface area (Å²) in [5.41, 5.74) is 7.15. The summed E-state index contributed by atoms with van der Waals surface area (Å²) in [7, 11) is 0. The molecule has 0 saturated carbocycles. The third-order valence-corrected chi connectivity index (χ3v) is 3.12. The van der Waals surface area contributed by atoms with E-state index in [0.717, 1.165) is 16.3 Å². The molecule has 0 fully saturated rings. The van der Waals surface area contributed by atoms with Crippen LogP contribution in [0.3, 0.4) is 0 Å². The van der Waals surface area contributed by atoms with Gasteiger partial charge in [0.25, 0.3) is 0 Å². The van der Waals surface area contributed by atoms with Crippen molar-refractivity contribution < 1.29 is 4.39 Å². The quantitative estimate of drug-likeness (QED) is 0.764. The van der Waals surface area contributed by atoms with E-state index in [1.807, 2.05) is 24.3 Å². The van der Waals surface area contributed by atoms with Gasteiger partial charge in [0.1, 0.15) is 5.82 Å². The van der Waals surface area contributed by atoms with E-state index in [9.17, 15) is 4.39 Å². The van der Waals surface area contributed by atoms with Gasteiger partial charge in [0.05, 0.1) is 11.7 Å². The number of pyridine rings is 2. The first-order valence-corrected chi connectivity index (χ1v) is 5.96. The van der Waals surface area contributed by atoms with Crippen molar-refractivity contribution in [3.63, 3.8) is 0 Å². The lowest BCUT2D eigenvalue weighted by atomic mass is 9.99. The maximum absolute atomic E-state index is 13.8. The minimum atomic E-state index is -0.625. The molecule has 2 heterocycles. The number of rotatable bonds is 2. The van der Waals surface area contributed by atoms with Crippen molar-refractivity contribution in [2.75, 3.05) is 0 Å². The van der Waals surface area contributed by atoms with Crippen LogP contribution in [0.4, 0.5) is 4.39 Å². The first kappa shape index (κ1) is 11.7. The molecule has 94 valence electrons. The summed E-state index contributed by atoms with van der Waals surface area (Å²) in [6.07, 6.45) is 4.97. The molecule has 0 aliphatic carbocycles. The Bertz CT molecular complexity index is 722. The molecule has 1 aromatic carbocycles. The molecular formula is C15H12FN3. The molecule has 2 aromatic heterocycles. The molecule has 3 rings (SSSR count). The number of nitrogens with zero attached hydrogens (tertiary/aromatic N) is 2. The lowest BCUT2D eigenvalue weighted by Crippen LogP contribution is -2.16. The molecule has 2 N–H and O–H groups in total. The Morgan fingerprint density at radius 3 is 2.74 bits per heavy atom. The third kappa shape index (κ3) is 2.06. The molecule has 4 heteroatoms. The number of fused-ring (bicyclic) bond motifs is 1. The van der Waals surface area contributed by atoms with Gasteiger partial charge in [-0.3, -0.25) is 9.97 Å². The lowest BCUT2D eigenvalue weighted by Gasteiger charge is -2.14. The van der Waals surface area contributed by atoms with Crippen LogP contribution < -0.4 is 5.73 Å². The standard InChI is InChI=1S/C15H12FN3/c16-13-6-3-7-19-15(13)14(17)12-9-18-8-10-4-1-2-5-11(10)12/h1-9,14H,17H2. The lowest BCUT2D eigenvalue weighted by molar-refractivity contribution is 0.586. The first-order chi connectivity index (χ1) is 9.27. The van der Waals surface area contributed by atoms with Crippen molar-refractivity contribution >= 4 is 10.8 Å². The molecule has 0 bridgehead atoms. The first-order valence-electron chi connectivity index (χ1n) is 5.96. The molecule has 1 atom stereocenters. The summed E-state index contributed by atoms with van der Waals surface area (Å²) in [4.78, 5) is 8.19. The zero-order chi connectivity index (χ0) is 13.2. The van der Waals surface area contributed by atoms with Gasteiger partial charge in [-0.05, 0) is 17.5 Å². The highest BCUT2D eigenvalue weighted by molar-refractivity contribution is 5.85. The van der Waals surface area contributed by atoms with Gasteiger partial charge in [-0.15, -0.1) is 0 Å². The maximum atomic E-state index is 13.8. The zero-order valence-corrected chi connectivity index (χ0v) is 10.1. The summed E-state index contributed by atoms with van der Waals surface area (Å²) < 4.78 is 13.8.